The zero-order valence-corrected chi connectivity index (χ0v) is 36.3. The summed E-state index contributed by atoms with van der Waals surface area (Å²) in [6, 6.07) is -7.97. The topological polar surface area (TPSA) is 277 Å². The molecule has 338 valence electrons. The van der Waals surface area contributed by atoms with Crippen molar-refractivity contribution in [2.45, 2.75) is 147 Å². The van der Waals surface area contributed by atoms with E-state index in [1.54, 1.807) is 34.7 Å². The number of hydrogen-bond acceptors (Lipinski definition) is 12. The van der Waals surface area contributed by atoms with E-state index in [2.05, 4.69) is 37.2 Å². The molecule has 8 N–H and O–H groups in total. The van der Waals surface area contributed by atoms with E-state index in [0.29, 0.717) is 51.6 Å². The van der Waals surface area contributed by atoms with E-state index in [4.69, 9.17) is 4.74 Å². The van der Waals surface area contributed by atoms with Crippen molar-refractivity contribution in [2.24, 2.45) is 0 Å². The van der Waals surface area contributed by atoms with Crippen molar-refractivity contribution in [1.82, 2.24) is 51.9 Å². The third-order valence-electron chi connectivity index (χ3n) is 10.8. The Balaban J connectivity index is 1.64. The number of likely N-dealkylation sites (tertiary alicyclic amines) is 3. The minimum Gasteiger partial charge on any atom is -0.391 e. The van der Waals surface area contributed by atoms with Crippen molar-refractivity contribution in [3.63, 3.8) is 0 Å². The highest BCUT2D eigenvalue weighted by Gasteiger charge is 2.44. The normalized spacial score (nSPS) is 22.1. The van der Waals surface area contributed by atoms with Crippen molar-refractivity contribution in [3.8, 4) is 0 Å². The number of amides is 9. The van der Waals surface area contributed by atoms with Crippen LogP contribution in [0.25, 0.3) is 0 Å². The molecule has 0 bridgehead atoms. The fourth-order valence-electron chi connectivity index (χ4n) is 7.37. The van der Waals surface area contributed by atoms with Crippen molar-refractivity contribution in [2.75, 3.05) is 46.9 Å². The van der Waals surface area contributed by atoms with Gasteiger partial charge in [-0.15, -0.1) is 0 Å². The molecule has 9 atom stereocenters. The van der Waals surface area contributed by atoms with Gasteiger partial charge in [0.15, 0.2) is 0 Å². The first-order valence-corrected chi connectivity index (χ1v) is 20.7. The van der Waals surface area contributed by atoms with Crippen molar-refractivity contribution in [3.05, 3.63) is 0 Å². The highest BCUT2D eigenvalue weighted by atomic mass is 16.5. The molecule has 21 nitrogen and oxygen atoms in total. The summed E-state index contributed by atoms with van der Waals surface area (Å²) in [6.45, 7) is 11.1. The minimum absolute atomic E-state index is 0.215. The van der Waals surface area contributed by atoms with Gasteiger partial charge < -0.3 is 61.8 Å². The van der Waals surface area contributed by atoms with Gasteiger partial charge in [-0.25, -0.2) is 0 Å². The number of ether oxygens (including phenoxy) is 1. The van der Waals surface area contributed by atoms with Crippen molar-refractivity contribution in [1.29, 1.82) is 0 Å². The Morgan fingerprint density at radius 1 is 0.650 bits per heavy atom. The van der Waals surface area contributed by atoms with E-state index in [9.17, 15) is 48.3 Å². The van der Waals surface area contributed by atoms with E-state index < -0.39 is 108 Å². The van der Waals surface area contributed by atoms with E-state index >= 15 is 0 Å². The Morgan fingerprint density at radius 3 is 1.73 bits per heavy atom. The summed E-state index contributed by atoms with van der Waals surface area (Å²) in [6.07, 6.45) is 1.34. The molecule has 0 aromatic carbocycles. The second-order valence-electron chi connectivity index (χ2n) is 16.6. The molecule has 0 saturated carbocycles. The number of carbonyl (C=O) groups excluding carboxylic acids is 9. The van der Waals surface area contributed by atoms with Crippen LogP contribution in [-0.2, 0) is 47.9 Å². The Morgan fingerprint density at radius 2 is 1.18 bits per heavy atom. The second-order valence-corrected chi connectivity index (χ2v) is 16.6. The van der Waals surface area contributed by atoms with Gasteiger partial charge in [0, 0.05) is 26.7 Å². The van der Waals surface area contributed by atoms with Crippen LogP contribution in [0.15, 0.2) is 0 Å². The van der Waals surface area contributed by atoms with E-state index in [1.807, 2.05) is 0 Å². The molecule has 3 aliphatic heterocycles. The summed E-state index contributed by atoms with van der Waals surface area (Å²) < 4.78 is 5.77. The molecular formula is C39H66N10O11. The summed E-state index contributed by atoms with van der Waals surface area (Å²) in [5.41, 5.74) is -0.750. The van der Waals surface area contributed by atoms with E-state index in [-0.39, 0.29) is 25.0 Å². The number of aliphatic hydroxyl groups is 1. The van der Waals surface area contributed by atoms with Gasteiger partial charge in [0.2, 0.25) is 53.2 Å². The smallest absolute Gasteiger partial charge is 0.246 e. The summed E-state index contributed by atoms with van der Waals surface area (Å²) in [4.78, 5) is 123. The molecule has 0 aliphatic carbocycles. The second kappa shape index (κ2) is 22.1. The maximum atomic E-state index is 13.8. The van der Waals surface area contributed by atoms with Crippen molar-refractivity contribution >= 4 is 53.2 Å². The quantitative estimate of drug-likeness (QED) is 0.0671. The number of hydrogen-bond donors (Lipinski definition) is 8. The number of nitrogens with zero attached hydrogens (tertiary/aromatic N) is 3. The lowest BCUT2D eigenvalue weighted by Crippen LogP contribution is -2.61. The first-order chi connectivity index (χ1) is 28.1. The molecule has 9 unspecified atom stereocenters. The third-order valence-corrected chi connectivity index (χ3v) is 10.8. The number of rotatable bonds is 18. The number of carbonyl (C=O) groups is 9. The molecule has 3 fully saturated rings. The van der Waals surface area contributed by atoms with Crippen LogP contribution in [0.1, 0.15) is 87.0 Å². The van der Waals surface area contributed by atoms with Crippen LogP contribution in [0, 0.1) is 0 Å². The number of aliphatic hydroxyl groups excluding tert-OH is 1. The van der Waals surface area contributed by atoms with Crippen LogP contribution < -0.4 is 37.2 Å². The molecule has 9 amide bonds. The van der Waals surface area contributed by atoms with Crippen LogP contribution in [0.3, 0.4) is 0 Å². The summed E-state index contributed by atoms with van der Waals surface area (Å²) >= 11 is 0. The maximum Gasteiger partial charge on any atom is 0.246 e. The molecule has 3 heterocycles. The lowest BCUT2D eigenvalue weighted by Gasteiger charge is -2.33. The average molecular weight is 851 g/mol. The fourth-order valence-corrected chi connectivity index (χ4v) is 7.37. The molecule has 0 aromatic heterocycles. The van der Waals surface area contributed by atoms with Crippen molar-refractivity contribution < 1.29 is 53.0 Å². The average Bonchev–Trinajstić information content (AvgIpc) is 4.00. The zero-order chi connectivity index (χ0) is 45.1. The molecule has 0 spiro atoms. The Labute approximate surface area is 351 Å². The molecule has 3 aliphatic rings. The first-order valence-electron chi connectivity index (χ1n) is 20.7. The van der Waals surface area contributed by atoms with Gasteiger partial charge in [-0.2, -0.15) is 0 Å². The highest BCUT2D eigenvalue weighted by Crippen LogP contribution is 2.26. The molecule has 21 heteroatoms. The lowest BCUT2D eigenvalue weighted by atomic mass is 10.1. The Bertz CT molecular complexity index is 1600. The molecule has 0 aromatic rings. The van der Waals surface area contributed by atoms with Crippen LogP contribution in [0.2, 0.25) is 0 Å². The standard InChI is InChI=1S/C39H66N10O11/c1-21(31(52)41-9)43-34(55)27-14-11-17-48(27)38(59)28-15-12-18-49(28)37(58)23(3)44-35(56)30(24(4)50)46-32(53)25(20-60-39(5,6)7)45-29(51)19-42-33(54)26-13-10-16-47(26)36(57)22(2)40-8/h21-28,30,40,50H,10-20H2,1-9H3,(H,41,52)(H,42,54)(H,43,55)(H,44,56)(H,45,51)(H,46,53). The number of nitrogens with one attached hydrogen (secondary N) is 7. The van der Waals surface area contributed by atoms with Crippen LogP contribution in [0.5, 0.6) is 0 Å². The molecule has 60 heavy (non-hydrogen) atoms. The number of likely N-dealkylation sites (N-methyl/N-ethyl adjacent to an activating group) is 2. The lowest BCUT2D eigenvalue weighted by molar-refractivity contribution is -0.148. The first kappa shape index (κ1) is 49.5. The van der Waals surface area contributed by atoms with E-state index in [1.165, 1.54) is 42.5 Å². The Kier molecular flexibility index (Phi) is 18.2. The molecule has 3 saturated heterocycles. The van der Waals surface area contributed by atoms with Crippen LogP contribution in [0.4, 0.5) is 0 Å². The van der Waals surface area contributed by atoms with Gasteiger partial charge in [-0.05, 0) is 94.0 Å². The summed E-state index contributed by atoms with van der Waals surface area (Å²) in [5, 5.41) is 28.6. The van der Waals surface area contributed by atoms with Gasteiger partial charge >= 0.3 is 0 Å². The van der Waals surface area contributed by atoms with Gasteiger partial charge in [0.1, 0.15) is 42.3 Å². The largest absolute Gasteiger partial charge is 0.391 e. The summed E-state index contributed by atoms with van der Waals surface area (Å²) in [7, 11) is 3.08. The predicted molar refractivity (Wildman–Crippen MR) is 216 cm³/mol. The van der Waals surface area contributed by atoms with Gasteiger partial charge in [0.25, 0.3) is 0 Å². The van der Waals surface area contributed by atoms with E-state index in [0.717, 1.165) is 0 Å². The maximum absolute atomic E-state index is 13.8. The minimum atomic E-state index is -1.59. The SMILES string of the molecule is CNC(=O)C(C)NC(=O)C1CCCN1C(=O)C1CCCN1C(=O)C(C)NC(=O)C(NC(=O)C(COC(C)(C)C)NC(=O)CNC(=O)C1CCCN1C(=O)C(C)NC)C(C)O. The van der Waals surface area contributed by atoms with Gasteiger partial charge in [-0.3, -0.25) is 43.2 Å². The van der Waals surface area contributed by atoms with Gasteiger partial charge in [0.05, 0.1) is 30.9 Å². The zero-order valence-electron chi connectivity index (χ0n) is 36.3. The van der Waals surface area contributed by atoms with Crippen LogP contribution >= 0.6 is 0 Å². The predicted octanol–water partition coefficient (Wildman–Crippen LogP) is -3.40. The molecule has 3 rings (SSSR count). The fraction of sp³-hybridized carbons (Fsp3) is 0.769. The molecule has 0 radical (unpaired) electrons. The third kappa shape index (κ3) is 13.3. The van der Waals surface area contributed by atoms with Crippen LogP contribution in [-0.4, -0.2) is 180 Å². The molecular weight excluding hydrogens is 784 g/mol. The monoisotopic (exact) mass is 850 g/mol. The highest BCUT2D eigenvalue weighted by molar-refractivity contribution is 5.98. The van der Waals surface area contributed by atoms with Gasteiger partial charge in [-0.1, -0.05) is 0 Å². The Hall–Kier alpha value is -4.89. The summed E-state index contributed by atoms with van der Waals surface area (Å²) in [5.74, 6) is -5.21.